The number of phenolic OH excluding ortho intramolecular Hbond substituents is 1. The molecule has 20 heavy (non-hydrogen) atoms. The number of rotatable bonds is 5. The number of anilines is 1. The van der Waals surface area contributed by atoms with E-state index < -0.39 is 5.82 Å². The molecule has 0 aliphatic rings. The quantitative estimate of drug-likeness (QED) is 0.843. The van der Waals surface area contributed by atoms with Crippen molar-refractivity contribution in [1.29, 1.82) is 0 Å². The number of hydrogen-bond acceptors (Lipinski definition) is 2. The lowest BCUT2D eigenvalue weighted by Gasteiger charge is -2.15. The van der Waals surface area contributed by atoms with Gasteiger partial charge >= 0.3 is 0 Å². The van der Waals surface area contributed by atoms with E-state index in [0.29, 0.717) is 0 Å². The predicted octanol–water partition coefficient (Wildman–Crippen LogP) is 4.62. The highest BCUT2D eigenvalue weighted by Gasteiger charge is 2.05. The zero-order valence-electron chi connectivity index (χ0n) is 11.2. The van der Waals surface area contributed by atoms with E-state index in [9.17, 15) is 9.50 Å². The molecule has 0 radical (unpaired) electrons. The first-order valence-electron chi connectivity index (χ1n) is 6.54. The minimum absolute atomic E-state index is 0.126. The number of benzene rings is 2. The van der Waals surface area contributed by atoms with Crippen LogP contribution in [0, 0.1) is 5.82 Å². The fourth-order valence-corrected chi connectivity index (χ4v) is 2.17. The van der Waals surface area contributed by atoms with Gasteiger partial charge in [0.05, 0.1) is 5.02 Å². The molecule has 4 heteroatoms. The van der Waals surface area contributed by atoms with Crippen LogP contribution in [-0.2, 0) is 6.42 Å². The Balaban J connectivity index is 1.87. The van der Waals surface area contributed by atoms with Gasteiger partial charge in [0.1, 0.15) is 11.6 Å². The molecule has 2 nitrogen and oxygen atoms in total. The van der Waals surface area contributed by atoms with Crippen LogP contribution < -0.4 is 5.32 Å². The molecule has 0 aliphatic heterocycles. The summed E-state index contributed by atoms with van der Waals surface area (Å²) < 4.78 is 13.1. The molecule has 0 bridgehead atoms. The third-order valence-electron chi connectivity index (χ3n) is 3.14. The summed E-state index contributed by atoms with van der Waals surface area (Å²) in [7, 11) is 0. The zero-order valence-corrected chi connectivity index (χ0v) is 12.0. The lowest BCUT2D eigenvalue weighted by atomic mass is 10.1. The summed E-state index contributed by atoms with van der Waals surface area (Å²) in [6.45, 7) is 2.07. The largest absolute Gasteiger partial charge is 0.508 e. The Bertz CT molecular complexity index is 571. The maximum absolute atomic E-state index is 13.1. The van der Waals surface area contributed by atoms with Gasteiger partial charge in [-0.15, -0.1) is 0 Å². The van der Waals surface area contributed by atoms with Crippen molar-refractivity contribution in [3.05, 3.63) is 58.9 Å². The van der Waals surface area contributed by atoms with E-state index in [4.69, 9.17) is 11.6 Å². The Morgan fingerprint density at radius 1 is 1.20 bits per heavy atom. The van der Waals surface area contributed by atoms with E-state index in [0.717, 1.165) is 18.5 Å². The van der Waals surface area contributed by atoms with Crippen LogP contribution in [0.4, 0.5) is 10.1 Å². The van der Waals surface area contributed by atoms with E-state index in [1.807, 2.05) is 12.1 Å². The molecule has 2 aromatic carbocycles. The van der Waals surface area contributed by atoms with E-state index in [1.54, 1.807) is 24.3 Å². The molecule has 0 amide bonds. The van der Waals surface area contributed by atoms with Gasteiger partial charge in [0.25, 0.3) is 0 Å². The summed E-state index contributed by atoms with van der Waals surface area (Å²) in [6.07, 6.45) is 1.84. The van der Waals surface area contributed by atoms with Crippen LogP contribution >= 0.6 is 11.6 Å². The highest BCUT2D eigenvalue weighted by molar-refractivity contribution is 6.31. The van der Waals surface area contributed by atoms with Gasteiger partial charge in [-0.2, -0.15) is 0 Å². The van der Waals surface area contributed by atoms with Gasteiger partial charge in [-0.05, 0) is 55.7 Å². The van der Waals surface area contributed by atoms with Crippen molar-refractivity contribution < 1.29 is 9.50 Å². The third kappa shape index (κ3) is 4.14. The number of phenols is 1. The van der Waals surface area contributed by atoms with Gasteiger partial charge in [-0.3, -0.25) is 0 Å². The molecule has 0 aliphatic carbocycles. The predicted molar refractivity (Wildman–Crippen MR) is 80.9 cm³/mol. The van der Waals surface area contributed by atoms with Crippen molar-refractivity contribution in [2.45, 2.75) is 25.8 Å². The maximum atomic E-state index is 13.1. The molecule has 0 heterocycles. The van der Waals surface area contributed by atoms with Gasteiger partial charge in [0, 0.05) is 11.7 Å². The van der Waals surface area contributed by atoms with Crippen LogP contribution in [0.2, 0.25) is 5.02 Å². The first-order valence-corrected chi connectivity index (χ1v) is 6.92. The summed E-state index contributed by atoms with van der Waals surface area (Å²) in [5, 5.41) is 12.6. The van der Waals surface area contributed by atoms with Gasteiger partial charge < -0.3 is 10.4 Å². The van der Waals surface area contributed by atoms with Crippen molar-refractivity contribution in [3.63, 3.8) is 0 Å². The SMILES string of the molecule is CC(CCc1ccc(O)cc1)Nc1ccc(F)c(Cl)c1. The normalized spacial score (nSPS) is 12.2. The Hall–Kier alpha value is -1.74. The number of aromatic hydroxyl groups is 1. The van der Waals surface area contributed by atoms with Crippen molar-refractivity contribution in [2.24, 2.45) is 0 Å². The van der Waals surface area contributed by atoms with E-state index in [2.05, 4.69) is 12.2 Å². The first kappa shape index (κ1) is 14.7. The molecule has 1 atom stereocenters. The monoisotopic (exact) mass is 293 g/mol. The summed E-state index contributed by atoms with van der Waals surface area (Å²) >= 11 is 5.75. The third-order valence-corrected chi connectivity index (χ3v) is 3.42. The van der Waals surface area contributed by atoms with E-state index in [-0.39, 0.29) is 16.8 Å². The second-order valence-electron chi connectivity index (χ2n) is 4.88. The molecule has 0 fully saturated rings. The summed E-state index contributed by atoms with van der Waals surface area (Å²) in [5.41, 5.74) is 1.99. The fourth-order valence-electron chi connectivity index (χ4n) is 1.99. The molecule has 2 rings (SSSR count). The molecule has 2 N–H and O–H groups in total. The van der Waals surface area contributed by atoms with Gasteiger partial charge in [-0.1, -0.05) is 23.7 Å². The molecule has 1 unspecified atom stereocenters. The second kappa shape index (κ2) is 6.62. The minimum atomic E-state index is -0.408. The Kier molecular flexibility index (Phi) is 4.85. The number of halogens is 2. The Morgan fingerprint density at radius 2 is 1.90 bits per heavy atom. The highest BCUT2D eigenvalue weighted by Crippen LogP contribution is 2.20. The average Bonchev–Trinajstić information content (AvgIpc) is 2.42. The van der Waals surface area contributed by atoms with Gasteiger partial charge in [-0.25, -0.2) is 4.39 Å². The molecular weight excluding hydrogens is 277 g/mol. The van der Waals surface area contributed by atoms with Crippen LogP contribution in [0.25, 0.3) is 0 Å². The summed E-state index contributed by atoms with van der Waals surface area (Å²) in [4.78, 5) is 0. The summed E-state index contributed by atoms with van der Waals surface area (Å²) in [5.74, 6) is -0.130. The molecule has 0 saturated carbocycles. The number of aryl methyl sites for hydroxylation is 1. The smallest absolute Gasteiger partial charge is 0.141 e. The Labute approximate surface area is 123 Å². The van der Waals surface area contributed by atoms with Gasteiger partial charge in [0.2, 0.25) is 0 Å². The standard InChI is InChI=1S/C16H17ClFNO/c1-11(2-3-12-4-7-14(20)8-5-12)19-13-6-9-16(18)15(17)10-13/h4-11,19-20H,2-3H2,1H3. The second-order valence-corrected chi connectivity index (χ2v) is 5.29. The lowest BCUT2D eigenvalue weighted by Crippen LogP contribution is -2.16. The lowest BCUT2D eigenvalue weighted by molar-refractivity contribution is 0.475. The van der Waals surface area contributed by atoms with Crippen molar-refractivity contribution in [3.8, 4) is 5.75 Å². The first-order chi connectivity index (χ1) is 9.54. The van der Waals surface area contributed by atoms with E-state index >= 15 is 0 Å². The topological polar surface area (TPSA) is 32.3 Å². The van der Waals surface area contributed by atoms with Crippen LogP contribution in [0.5, 0.6) is 5.75 Å². The minimum Gasteiger partial charge on any atom is -0.508 e. The van der Waals surface area contributed by atoms with Crippen LogP contribution in [0.15, 0.2) is 42.5 Å². The number of hydrogen-bond donors (Lipinski definition) is 2. The Morgan fingerprint density at radius 3 is 2.55 bits per heavy atom. The molecule has 0 saturated heterocycles. The molecule has 0 spiro atoms. The van der Waals surface area contributed by atoms with Crippen LogP contribution in [0.1, 0.15) is 18.9 Å². The van der Waals surface area contributed by atoms with Gasteiger partial charge in [0.15, 0.2) is 0 Å². The van der Waals surface area contributed by atoms with Crippen molar-refractivity contribution >= 4 is 17.3 Å². The zero-order chi connectivity index (χ0) is 14.5. The maximum Gasteiger partial charge on any atom is 0.141 e. The van der Waals surface area contributed by atoms with Crippen molar-refractivity contribution in [1.82, 2.24) is 0 Å². The number of nitrogens with one attached hydrogen (secondary N) is 1. The molecule has 2 aromatic rings. The fraction of sp³-hybridized carbons (Fsp3) is 0.250. The molecule has 106 valence electrons. The molecule has 0 aromatic heterocycles. The molecular formula is C16H17ClFNO. The van der Waals surface area contributed by atoms with Crippen molar-refractivity contribution in [2.75, 3.05) is 5.32 Å². The van der Waals surface area contributed by atoms with E-state index in [1.165, 1.54) is 11.6 Å². The average molecular weight is 294 g/mol. The highest BCUT2D eigenvalue weighted by atomic mass is 35.5. The van der Waals surface area contributed by atoms with Crippen LogP contribution in [-0.4, -0.2) is 11.1 Å². The van der Waals surface area contributed by atoms with Crippen LogP contribution in [0.3, 0.4) is 0 Å². The summed E-state index contributed by atoms with van der Waals surface area (Å²) in [6, 6.07) is 12.1.